The molecular weight excluding hydrogens is 228 g/mol. The Morgan fingerprint density at radius 1 is 1.39 bits per heavy atom. The molecule has 2 unspecified atom stereocenters. The molecule has 4 N–H and O–H groups in total. The molecule has 5 nitrogen and oxygen atoms in total. The van der Waals surface area contributed by atoms with Crippen molar-refractivity contribution in [3.63, 3.8) is 0 Å². The summed E-state index contributed by atoms with van der Waals surface area (Å²) in [5, 5.41) is 0. The summed E-state index contributed by atoms with van der Waals surface area (Å²) in [6.07, 6.45) is 4.31. The lowest BCUT2D eigenvalue weighted by Gasteiger charge is -2.34. The number of amides is 1. The summed E-state index contributed by atoms with van der Waals surface area (Å²) in [5.74, 6) is -0.334. The largest absolute Gasteiger partial charge is 0.369 e. The molecule has 0 aliphatic rings. The first kappa shape index (κ1) is 14.6. The lowest BCUT2D eigenvalue weighted by Crippen LogP contribution is -2.44. The second-order valence-electron chi connectivity index (χ2n) is 4.33. The van der Waals surface area contributed by atoms with Crippen LogP contribution in [-0.4, -0.2) is 34.9 Å². The Morgan fingerprint density at radius 2 is 2.00 bits per heavy atom. The van der Waals surface area contributed by atoms with E-state index >= 15 is 0 Å². The van der Waals surface area contributed by atoms with E-state index in [4.69, 9.17) is 11.5 Å². The molecule has 1 rings (SSSR count). The van der Waals surface area contributed by atoms with Crippen LogP contribution >= 0.6 is 0 Å². The van der Waals surface area contributed by atoms with Crippen molar-refractivity contribution in [3.8, 4) is 0 Å². The highest BCUT2D eigenvalue weighted by Crippen LogP contribution is 2.24. The first-order chi connectivity index (χ1) is 8.60. The van der Waals surface area contributed by atoms with Gasteiger partial charge in [-0.05, 0) is 30.7 Å². The third-order valence-corrected chi connectivity index (χ3v) is 3.08. The zero-order valence-electron chi connectivity index (χ0n) is 11.0. The SMILES string of the molecule is CCC(N)C(c1ccncc1)N(CC)CC(N)=O. The molecule has 1 heterocycles. The zero-order chi connectivity index (χ0) is 13.5. The zero-order valence-corrected chi connectivity index (χ0v) is 11.0. The highest BCUT2D eigenvalue weighted by atomic mass is 16.1. The third-order valence-electron chi connectivity index (χ3n) is 3.08. The molecule has 5 heteroatoms. The van der Waals surface area contributed by atoms with E-state index in [0.29, 0.717) is 0 Å². The number of carbonyl (C=O) groups excluding carboxylic acids is 1. The van der Waals surface area contributed by atoms with Crippen LogP contribution in [0.2, 0.25) is 0 Å². The molecule has 2 atom stereocenters. The minimum absolute atomic E-state index is 0.00417. The van der Waals surface area contributed by atoms with Crippen LogP contribution in [0.25, 0.3) is 0 Å². The Kier molecular flexibility index (Phi) is 5.74. The predicted molar refractivity (Wildman–Crippen MR) is 71.7 cm³/mol. The molecule has 0 saturated heterocycles. The molecule has 0 aliphatic heterocycles. The number of primary amides is 1. The van der Waals surface area contributed by atoms with Gasteiger partial charge in [0.1, 0.15) is 0 Å². The molecular formula is C13H22N4O. The quantitative estimate of drug-likeness (QED) is 0.744. The molecule has 0 aliphatic carbocycles. The highest BCUT2D eigenvalue weighted by Gasteiger charge is 2.25. The van der Waals surface area contributed by atoms with Crippen molar-refractivity contribution in [2.24, 2.45) is 11.5 Å². The van der Waals surface area contributed by atoms with E-state index in [2.05, 4.69) is 4.98 Å². The molecule has 0 saturated carbocycles. The normalized spacial score (nSPS) is 14.4. The lowest BCUT2D eigenvalue weighted by atomic mass is 9.97. The first-order valence-electron chi connectivity index (χ1n) is 6.28. The van der Waals surface area contributed by atoms with Gasteiger partial charge in [-0.15, -0.1) is 0 Å². The third kappa shape index (κ3) is 3.78. The number of nitrogens with two attached hydrogens (primary N) is 2. The number of pyridine rings is 1. The van der Waals surface area contributed by atoms with E-state index in [9.17, 15) is 4.79 Å². The van der Waals surface area contributed by atoms with Crippen molar-refractivity contribution in [2.45, 2.75) is 32.4 Å². The standard InChI is InChI=1S/C13H22N4O/c1-3-11(14)13(10-5-7-16-8-6-10)17(4-2)9-12(15)18/h5-8,11,13H,3-4,9,14H2,1-2H3,(H2,15,18). The van der Waals surface area contributed by atoms with Gasteiger partial charge in [0.2, 0.25) is 5.91 Å². The van der Waals surface area contributed by atoms with Gasteiger partial charge in [-0.25, -0.2) is 0 Å². The van der Waals surface area contributed by atoms with Gasteiger partial charge in [0.15, 0.2) is 0 Å². The molecule has 0 aromatic carbocycles. The van der Waals surface area contributed by atoms with E-state index in [-0.39, 0.29) is 24.5 Å². The fourth-order valence-electron chi connectivity index (χ4n) is 2.12. The van der Waals surface area contributed by atoms with Crippen LogP contribution in [0.15, 0.2) is 24.5 Å². The van der Waals surface area contributed by atoms with Crippen LogP contribution in [0.4, 0.5) is 0 Å². The van der Waals surface area contributed by atoms with Crippen LogP contribution in [0.3, 0.4) is 0 Å². The van der Waals surface area contributed by atoms with Gasteiger partial charge in [-0.1, -0.05) is 13.8 Å². The number of aromatic nitrogens is 1. The van der Waals surface area contributed by atoms with Crippen LogP contribution in [0.5, 0.6) is 0 Å². The van der Waals surface area contributed by atoms with Gasteiger partial charge in [0, 0.05) is 18.4 Å². The van der Waals surface area contributed by atoms with Gasteiger partial charge >= 0.3 is 0 Å². The molecule has 1 aromatic rings. The summed E-state index contributed by atoms with van der Waals surface area (Å²) in [6, 6.07) is 3.83. The summed E-state index contributed by atoms with van der Waals surface area (Å²) in [5.41, 5.74) is 12.6. The Labute approximate surface area is 108 Å². The molecule has 100 valence electrons. The predicted octanol–water partition coefficient (Wildman–Crippen LogP) is 0.667. The number of hydrogen-bond acceptors (Lipinski definition) is 4. The van der Waals surface area contributed by atoms with E-state index in [1.54, 1.807) is 12.4 Å². The number of rotatable bonds is 7. The topological polar surface area (TPSA) is 85.2 Å². The Hall–Kier alpha value is -1.46. The Balaban J connectivity index is 3.00. The maximum absolute atomic E-state index is 11.1. The van der Waals surface area contributed by atoms with Crippen LogP contribution in [0, 0.1) is 0 Å². The fourth-order valence-corrected chi connectivity index (χ4v) is 2.12. The second-order valence-corrected chi connectivity index (χ2v) is 4.33. The van der Waals surface area contributed by atoms with Crippen LogP contribution in [0.1, 0.15) is 31.9 Å². The average Bonchev–Trinajstić information content (AvgIpc) is 2.38. The average molecular weight is 250 g/mol. The summed E-state index contributed by atoms with van der Waals surface area (Å²) >= 11 is 0. The van der Waals surface area contributed by atoms with Crippen molar-refractivity contribution in [2.75, 3.05) is 13.1 Å². The van der Waals surface area contributed by atoms with E-state index in [0.717, 1.165) is 18.5 Å². The monoisotopic (exact) mass is 250 g/mol. The van der Waals surface area contributed by atoms with Gasteiger partial charge in [-0.2, -0.15) is 0 Å². The summed E-state index contributed by atoms with van der Waals surface area (Å²) < 4.78 is 0. The molecule has 0 fully saturated rings. The van der Waals surface area contributed by atoms with E-state index in [1.807, 2.05) is 30.9 Å². The lowest BCUT2D eigenvalue weighted by molar-refractivity contribution is -0.119. The molecule has 1 aromatic heterocycles. The van der Waals surface area contributed by atoms with Crippen molar-refractivity contribution >= 4 is 5.91 Å². The van der Waals surface area contributed by atoms with Crippen LogP contribution < -0.4 is 11.5 Å². The Morgan fingerprint density at radius 3 is 2.44 bits per heavy atom. The van der Waals surface area contributed by atoms with Crippen molar-refractivity contribution in [1.82, 2.24) is 9.88 Å². The molecule has 0 spiro atoms. The van der Waals surface area contributed by atoms with Gasteiger partial charge in [-0.3, -0.25) is 14.7 Å². The van der Waals surface area contributed by atoms with Crippen LogP contribution in [-0.2, 0) is 4.79 Å². The second kappa shape index (κ2) is 7.08. The summed E-state index contributed by atoms with van der Waals surface area (Å²) in [7, 11) is 0. The minimum Gasteiger partial charge on any atom is -0.369 e. The van der Waals surface area contributed by atoms with E-state index < -0.39 is 0 Å². The van der Waals surface area contributed by atoms with Crippen molar-refractivity contribution in [3.05, 3.63) is 30.1 Å². The molecule has 0 bridgehead atoms. The van der Waals surface area contributed by atoms with Gasteiger partial charge < -0.3 is 11.5 Å². The van der Waals surface area contributed by atoms with Crippen molar-refractivity contribution < 1.29 is 4.79 Å². The minimum atomic E-state index is -0.334. The number of likely N-dealkylation sites (N-methyl/N-ethyl adjacent to an activating group) is 1. The van der Waals surface area contributed by atoms with Gasteiger partial charge in [0.05, 0.1) is 12.6 Å². The molecule has 1 amide bonds. The number of nitrogens with zero attached hydrogens (tertiary/aromatic N) is 2. The Bertz CT molecular complexity index is 369. The first-order valence-corrected chi connectivity index (χ1v) is 6.28. The smallest absolute Gasteiger partial charge is 0.231 e. The maximum atomic E-state index is 11.1. The number of hydrogen-bond donors (Lipinski definition) is 2. The molecule has 18 heavy (non-hydrogen) atoms. The maximum Gasteiger partial charge on any atom is 0.231 e. The van der Waals surface area contributed by atoms with E-state index in [1.165, 1.54) is 0 Å². The highest BCUT2D eigenvalue weighted by molar-refractivity contribution is 5.76. The number of carbonyl (C=O) groups is 1. The fraction of sp³-hybridized carbons (Fsp3) is 0.538. The summed E-state index contributed by atoms with van der Waals surface area (Å²) in [4.78, 5) is 17.2. The molecule has 0 radical (unpaired) electrons. The van der Waals surface area contributed by atoms with Gasteiger partial charge in [0.25, 0.3) is 0 Å². The summed E-state index contributed by atoms with van der Waals surface area (Å²) in [6.45, 7) is 4.98. The van der Waals surface area contributed by atoms with Crippen molar-refractivity contribution in [1.29, 1.82) is 0 Å².